The minimum absolute atomic E-state index is 0.516. The number of thioether (sulfide) groups is 5. The lowest BCUT2D eigenvalue weighted by atomic mass is 10.2. The van der Waals surface area contributed by atoms with Crippen LogP contribution in [0.3, 0.4) is 0 Å². The van der Waals surface area contributed by atoms with Crippen molar-refractivity contribution in [2.45, 2.75) is 225 Å². The zero-order valence-corrected chi connectivity index (χ0v) is 54.8. The van der Waals surface area contributed by atoms with Gasteiger partial charge in [0.25, 0.3) is 0 Å². The van der Waals surface area contributed by atoms with Crippen LogP contribution in [0.4, 0.5) is 13.2 Å². The molecule has 3 heterocycles. The second-order valence-corrected chi connectivity index (χ2v) is 28.5. The van der Waals surface area contributed by atoms with Gasteiger partial charge in [-0.1, -0.05) is 196 Å². The van der Waals surface area contributed by atoms with Gasteiger partial charge in [0.1, 0.15) is 0 Å². The highest BCUT2D eigenvalue weighted by molar-refractivity contribution is 8.00. The van der Waals surface area contributed by atoms with E-state index in [1.165, 1.54) is 45.3 Å². The second kappa shape index (κ2) is 46.3. The minimum Gasteiger partial charge on any atom is -0.353 e. The van der Waals surface area contributed by atoms with Gasteiger partial charge in [-0.3, -0.25) is 9.97 Å². The molecule has 13 heteroatoms. The number of aromatic nitrogens is 3. The Morgan fingerprint density at radius 1 is 0.513 bits per heavy atom. The highest BCUT2D eigenvalue weighted by Crippen LogP contribution is 2.29. The molecule has 5 aromatic rings. The fourth-order valence-electron chi connectivity index (χ4n) is 5.87. The molecule has 0 unspecified atom stereocenters. The van der Waals surface area contributed by atoms with Crippen LogP contribution in [-0.2, 0) is 42.2 Å². The van der Waals surface area contributed by atoms with E-state index in [9.17, 15) is 13.2 Å². The van der Waals surface area contributed by atoms with Gasteiger partial charge in [0.15, 0.2) is 0 Å². The van der Waals surface area contributed by atoms with E-state index in [4.69, 9.17) is 0 Å². The number of halogens is 3. The van der Waals surface area contributed by atoms with Crippen LogP contribution in [0.1, 0.15) is 169 Å². The number of pyridine rings is 2. The van der Waals surface area contributed by atoms with Crippen LogP contribution in [0.5, 0.6) is 0 Å². The molecule has 0 bridgehead atoms. The molecule has 76 heavy (non-hydrogen) atoms. The van der Waals surface area contributed by atoms with Crippen LogP contribution < -0.4 is 10.6 Å². The number of hydrogen-bond acceptors (Lipinski definition) is 9. The first-order valence-electron chi connectivity index (χ1n) is 27.4. The number of nitrogens with one attached hydrogen (secondary N) is 2. The lowest BCUT2D eigenvalue weighted by molar-refractivity contribution is -0.137. The summed E-state index contributed by atoms with van der Waals surface area (Å²) in [6.07, 6.45) is 5.16. The third-order valence-corrected chi connectivity index (χ3v) is 15.5. The Morgan fingerprint density at radius 2 is 0.934 bits per heavy atom. The van der Waals surface area contributed by atoms with Crippen LogP contribution in [0.2, 0.25) is 0 Å². The Morgan fingerprint density at radius 3 is 1.22 bits per heavy atom. The molecular weight excluding hydrogens is 1040 g/mol. The summed E-state index contributed by atoms with van der Waals surface area (Å²) < 4.78 is 38.3. The molecule has 0 amide bonds. The molecule has 432 valence electrons. The van der Waals surface area contributed by atoms with E-state index in [2.05, 4.69) is 226 Å². The smallest absolute Gasteiger partial charge is 0.353 e. The van der Waals surface area contributed by atoms with Crippen molar-refractivity contribution in [2.75, 3.05) is 12.3 Å². The number of nitrogens with zero attached hydrogens (tertiary/aromatic N) is 3. The standard InChI is InChI=1S/C11H17NS.2C11H16S.C10H14F3NS.C9H13NS.C6H15N.C5H13N/c1-4-11-6-5-10(7-12-11)8-13-9(2)3;2*1-9(2)12-8-11-6-4-10(3)5-7-11;1-8(2)15-6-5-14-4-3-9(7-14)10(11,12)13;1-8(2)11-7-9-4-3-5-10-6-9;1-5(2)7-6(3)4;1-4-6-5(2)3/h5-7,9H,4,8H2,1-3H3;2*4-7,9H,8H2,1-3H3;3-4,7-8H,5-6H2,1-2H3;3-6,8H,7H2,1-2H3;5-7H,1-4H3;5-6H,4H2,1-3H3. The van der Waals surface area contributed by atoms with Crippen molar-refractivity contribution in [1.82, 2.24) is 25.2 Å². The van der Waals surface area contributed by atoms with Crippen molar-refractivity contribution in [3.63, 3.8) is 0 Å². The predicted octanol–water partition coefficient (Wildman–Crippen LogP) is 19.3. The summed E-state index contributed by atoms with van der Waals surface area (Å²) >= 11 is 9.62. The SMILES string of the molecule is CC(C)NC(C)C.CC(C)SCCn1ccc(C(F)(F)F)c1.CC(C)SCc1cccnc1.CCNC(C)C.CCc1ccc(CSC(C)C)cn1.Cc1ccc(CSC(C)C)cc1.Cc1ccc(CSC(C)C)cc1. The molecule has 3 aromatic heterocycles. The number of hydrogen-bond donors (Lipinski definition) is 2. The van der Waals surface area contributed by atoms with Crippen molar-refractivity contribution in [3.8, 4) is 0 Å². The maximum Gasteiger partial charge on any atom is 0.417 e. The van der Waals surface area contributed by atoms with Crippen LogP contribution in [0.25, 0.3) is 0 Å². The summed E-state index contributed by atoms with van der Waals surface area (Å²) in [6.45, 7) is 45.0. The van der Waals surface area contributed by atoms with E-state index in [1.54, 1.807) is 16.3 Å². The van der Waals surface area contributed by atoms with Gasteiger partial charge in [-0.2, -0.15) is 72.0 Å². The van der Waals surface area contributed by atoms with E-state index in [1.807, 2.05) is 71.7 Å². The Bertz CT molecular complexity index is 1980. The molecule has 0 aliphatic rings. The maximum atomic E-state index is 12.2. The zero-order chi connectivity index (χ0) is 58.1. The van der Waals surface area contributed by atoms with Gasteiger partial charge in [0, 0.05) is 90.1 Å². The fraction of sp³-hybridized carbons (Fsp3) is 0.587. The summed E-state index contributed by atoms with van der Waals surface area (Å²) in [5.74, 6) is 5.26. The number of aryl methyl sites for hydroxylation is 4. The maximum absolute atomic E-state index is 12.2. The van der Waals surface area contributed by atoms with Gasteiger partial charge in [0.2, 0.25) is 0 Å². The molecule has 0 saturated heterocycles. The quantitative estimate of drug-likeness (QED) is 0.0748. The number of rotatable bonds is 21. The fourth-order valence-corrected chi connectivity index (χ4v) is 9.49. The van der Waals surface area contributed by atoms with Crippen LogP contribution in [-0.4, -0.2) is 71.2 Å². The Labute approximate surface area is 485 Å². The Balaban J connectivity index is 0. The molecule has 0 aliphatic heterocycles. The summed E-state index contributed by atoms with van der Waals surface area (Å²) in [5.41, 5.74) is 8.79. The lowest BCUT2D eigenvalue weighted by Crippen LogP contribution is -2.29. The lowest BCUT2D eigenvalue weighted by Gasteiger charge is -2.10. The molecule has 2 N–H and O–H groups in total. The molecular formula is C63H104F3N5S5. The van der Waals surface area contributed by atoms with Gasteiger partial charge in [0.05, 0.1) is 5.56 Å². The molecule has 0 atom stereocenters. The third kappa shape index (κ3) is 48.6. The van der Waals surface area contributed by atoms with Crippen molar-refractivity contribution in [1.29, 1.82) is 0 Å². The van der Waals surface area contributed by atoms with E-state index in [-0.39, 0.29) is 0 Å². The summed E-state index contributed by atoms with van der Waals surface area (Å²) in [7, 11) is 0. The molecule has 5 nitrogen and oxygen atoms in total. The van der Waals surface area contributed by atoms with E-state index in [0.29, 0.717) is 40.4 Å². The number of benzene rings is 2. The summed E-state index contributed by atoms with van der Waals surface area (Å²) in [5, 5.41) is 9.89. The molecule has 5 rings (SSSR count). The van der Waals surface area contributed by atoms with E-state index >= 15 is 0 Å². The predicted molar refractivity (Wildman–Crippen MR) is 345 cm³/mol. The van der Waals surface area contributed by atoms with Gasteiger partial charge in [-0.15, -0.1) is 0 Å². The molecule has 0 fully saturated rings. The van der Waals surface area contributed by atoms with Crippen molar-refractivity contribution >= 4 is 58.8 Å². The zero-order valence-electron chi connectivity index (χ0n) is 50.7. The number of alkyl halides is 3. The van der Waals surface area contributed by atoms with Gasteiger partial charge < -0.3 is 15.2 Å². The molecule has 0 radical (unpaired) electrons. The first-order chi connectivity index (χ1) is 35.7. The Kier molecular flexibility index (Phi) is 46.0. The monoisotopic (exact) mass is 1150 g/mol. The molecule has 2 aromatic carbocycles. The average molecular weight is 1150 g/mol. The van der Waals surface area contributed by atoms with Crippen molar-refractivity contribution in [2.24, 2.45) is 0 Å². The van der Waals surface area contributed by atoms with Crippen LogP contribution in [0, 0.1) is 13.8 Å². The van der Waals surface area contributed by atoms with Gasteiger partial charge in [-0.25, -0.2) is 0 Å². The summed E-state index contributed by atoms with van der Waals surface area (Å²) in [6, 6.07) is 29.0. The normalized spacial score (nSPS) is 11.0. The topological polar surface area (TPSA) is 54.8 Å². The van der Waals surface area contributed by atoms with Crippen molar-refractivity contribution in [3.05, 3.63) is 154 Å². The average Bonchev–Trinajstić information content (AvgIpc) is 3.84. The summed E-state index contributed by atoms with van der Waals surface area (Å²) in [4.78, 5) is 8.41. The largest absolute Gasteiger partial charge is 0.417 e. The third-order valence-electron chi connectivity index (χ3n) is 9.70. The highest BCUT2D eigenvalue weighted by atomic mass is 32.2. The molecule has 0 saturated carbocycles. The first kappa shape index (κ1) is 75.6. The highest BCUT2D eigenvalue weighted by Gasteiger charge is 2.31. The van der Waals surface area contributed by atoms with Crippen LogP contribution >= 0.6 is 58.8 Å². The molecule has 0 aliphatic carbocycles. The van der Waals surface area contributed by atoms with Crippen LogP contribution in [0.15, 0.2) is 110 Å². The van der Waals surface area contributed by atoms with E-state index < -0.39 is 11.7 Å². The Hall–Kier alpha value is -2.52. The second-order valence-electron chi connectivity index (χ2n) is 20.5. The first-order valence-corrected chi connectivity index (χ1v) is 32.6. The van der Waals surface area contributed by atoms with E-state index in [0.717, 1.165) is 64.5 Å². The van der Waals surface area contributed by atoms with Crippen molar-refractivity contribution < 1.29 is 13.2 Å². The minimum atomic E-state index is -4.23. The molecule has 0 spiro atoms. The van der Waals surface area contributed by atoms with Gasteiger partial charge >= 0.3 is 6.18 Å². The van der Waals surface area contributed by atoms with Gasteiger partial charge in [-0.05, 0) is 93.5 Å².